The van der Waals surface area contributed by atoms with Gasteiger partial charge in [0.15, 0.2) is 11.5 Å². The minimum absolute atomic E-state index is 0.181. The van der Waals surface area contributed by atoms with Gasteiger partial charge < -0.3 is 21.1 Å². The summed E-state index contributed by atoms with van der Waals surface area (Å²) in [6.45, 7) is 0. The van der Waals surface area contributed by atoms with E-state index in [0.717, 1.165) is 42.4 Å². The topological polar surface area (TPSA) is 86.7 Å². The van der Waals surface area contributed by atoms with E-state index in [-0.39, 0.29) is 22.9 Å². The van der Waals surface area contributed by atoms with Gasteiger partial charge in [-0.2, -0.15) is 0 Å². The molecule has 26 heavy (non-hydrogen) atoms. The average Bonchev–Trinajstić information content (AvgIpc) is 2.66. The van der Waals surface area contributed by atoms with E-state index in [2.05, 4.69) is 24.3 Å². The molecule has 0 aliphatic heterocycles. The Balaban J connectivity index is 1.52. The Hall–Kier alpha value is -3.14. The number of phenols is 3. The molecule has 0 unspecified atom stereocenters. The van der Waals surface area contributed by atoms with Gasteiger partial charge in [-0.25, -0.2) is 0 Å². The first-order valence-electron chi connectivity index (χ1n) is 8.72. The fourth-order valence-electron chi connectivity index (χ4n) is 3.02. The van der Waals surface area contributed by atoms with Gasteiger partial charge in [0.05, 0.1) is 5.69 Å². The third-order valence-electron chi connectivity index (χ3n) is 4.60. The van der Waals surface area contributed by atoms with Crippen molar-refractivity contribution in [2.75, 3.05) is 5.73 Å². The summed E-state index contributed by atoms with van der Waals surface area (Å²) in [5.74, 6) is -0.139. The van der Waals surface area contributed by atoms with E-state index in [0.29, 0.717) is 0 Å². The molecule has 0 heterocycles. The van der Waals surface area contributed by atoms with Crippen LogP contribution in [0.2, 0.25) is 0 Å². The van der Waals surface area contributed by atoms with Crippen LogP contribution in [0.25, 0.3) is 11.1 Å². The number of benzene rings is 3. The predicted molar refractivity (Wildman–Crippen MR) is 104 cm³/mol. The predicted octanol–water partition coefficient (Wildman–Crippen LogP) is 4.62. The van der Waals surface area contributed by atoms with Gasteiger partial charge in [-0.05, 0) is 66.1 Å². The summed E-state index contributed by atoms with van der Waals surface area (Å²) >= 11 is 0. The van der Waals surface area contributed by atoms with Crippen LogP contribution in [-0.2, 0) is 12.8 Å². The van der Waals surface area contributed by atoms with E-state index in [4.69, 9.17) is 5.73 Å². The van der Waals surface area contributed by atoms with Gasteiger partial charge in [-0.15, -0.1) is 0 Å². The van der Waals surface area contributed by atoms with Crippen molar-refractivity contribution in [3.63, 3.8) is 0 Å². The first-order chi connectivity index (χ1) is 12.5. The molecule has 0 radical (unpaired) electrons. The van der Waals surface area contributed by atoms with Crippen LogP contribution in [0.3, 0.4) is 0 Å². The Morgan fingerprint density at radius 3 is 1.88 bits per heavy atom. The van der Waals surface area contributed by atoms with Crippen molar-refractivity contribution in [3.8, 4) is 28.4 Å². The lowest BCUT2D eigenvalue weighted by atomic mass is 9.99. The molecule has 0 aromatic heterocycles. The second-order valence-corrected chi connectivity index (χ2v) is 6.46. The first-order valence-corrected chi connectivity index (χ1v) is 8.72. The highest BCUT2D eigenvalue weighted by Crippen LogP contribution is 2.34. The molecule has 134 valence electrons. The molecule has 3 aromatic carbocycles. The van der Waals surface area contributed by atoms with Crippen LogP contribution in [0.15, 0.2) is 60.7 Å². The number of anilines is 1. The second-order valence-electron chi connectivity index (χ2n) is 6.46. The van der Waals surface area contributed by atoms with Crippen molar-refractivity contribution in [2.45, 2.75) is 25.7 Å². The Morgan fingerprint density at radius 1 is 0.654 bits per heavy atom. The number of aromatic hydroxyl groups is 3. The standard InChI is InChI=1S/C22H23NO3/c23-21-18(11-14-20(25)22(21)26)4-2-1-3-15-5-7-16(8-6-15)17-9-12-19(24)13-10-17/h5-14,24-26H,1-4,23H2. The van der Waals surface area contributed by atoms with Crippen LogP contribution in [0.5, 0.6) is 17.2 Å². The molecule has 3 aromatic rings. The van der Waals surface area contributed by atoms with E-state index in [1.807, 2.05) is 12.1 Å². The minimum atomic E-state index is -0.229. The number of rotatable bonds is 6. The fourth-order valence-corrected chi connectivity index (χ4v) is 3.02. The number of unbranched alkanes of at least 4 members (excludes halogenated alkanes) is 1. The van der Waals surface area contributed by atoms with E-state index < -0.39 is 0 Å². The SMILES string of the molecule is Nc1c(CCCCc2ccc(-c3ccc(O)cc3)cc2)ccc(O)c1O. The molecule has 5 N–H and O–H groups in total. The zero-order valence-electron chi connectivity index (χ0n) is 14.5. The number of nitrogen functional groups attached to an aromatic ring is 1. The highest BCUT2D eigenvalue weighted by Gasteiger charge is 2.08. The van der Waals surface area contributed by atoms with Gasteiger partial charge in [0.25, 0.3) is 0 Å². The van der Waals surface area contributed by atoms with E-state index in [1.54, 1.807) is 18.2 Å². The summed E-state index contributed by atoms with van der Waals surface area (Å²) in [5, 5.41) is 28.5. The summed E-state index contributed by atoms with van der Waals surface area (Å²) in [5.41, 5.74) is 10.4. The maximum atomic E-state index is 9.67. The number of phenolic OH excluding ortho intramolecular Hbond substituents is 3. The summed E-state index contributed by atoms with van der Waals surface area (Å²) in [6.07, 6.45) is 3.71. The highest BCUT2D eigenvalue weighted by molar-refractivity contribution is 5.64. The van der Waals surface area contributed by atoms with Crippen LogP contribution in [0.4, 0.5) is 5.69 Å². The van der Waals surface area contributed by atoms with Crippen molar-refractivity contribution < 1.29 is 15.3 Å². The van der Waals surface area contributed by atoms with Crippen molar-refractivity contribution >= 4 is 5.69 Å². The molecule has 3 rings (SSSR count). The monoisotopic (exact) mass is 349 g/mol. The smallest absolute Gasteiger partial charge is 0.181 e. The average molecular weight is 349 g/mol. The molecule has 0 aliphatic carbocycles. The quantitative estimate of drug-likeness (QED) is 0.297. The largest absolute Gasteiger partial charge is 0.508 e. The molecule has 0 bridgehead atoms. The van der Waals surface area contributed by atoms with Gasteiger partial charge in [0.1, 0.15) is 5.75 Å². The van der Waals surface area contributed by atoms with E-state index in [1.165, 1.54) is 11.6 Å². The first kappa shape index (κ1) is 17.7. The van der Waals surface area contributed by atoms with Crippen molar-refractivity contribution in [2.24, 2.45) is 0 Å². The summed E-state index contributed by atoms with van der Waals surface area (Å²) < 4.78 is 0. The molecule has 0 aliphatic rings. The van der Waals surface area contributed by atoms with Crippen LogP contribution < -0.4 is 5.73 Å². The summed E-state index contributed by atoms with van der Waals surface area (Å²) in [7, 11) is 0. The minimum Gasteiger partial charge on any atom is -0.508 e. The normalized spacial score (nSPS) is 10.8. The Bertz CT molecular complexity index is 871. The molecule has 4 heteroatoms. The van der Waals surface area contributed by atoms with Gasteiger partial charge in [-0.1, -0.05) is 42.5 Å². The number of hydrogen-bond donors (Lipinski definition) is 4. The van der Waals surface area contributed by atoms with Crippen LogP contribution in [-0.4, -0.2) is 15.3 Å². The Kier molecular flexibility index (Phi) is 5.32. The lowest BCUT2D eigenvalue weighted by Crippen LogP contribution is -1.96. The Labute approximate surface area is 153 Å². The maximum Gasteiger partial charge on any atom is 0.181 e. The van der Waals surface area contributed by atoms with Crippen LogP contribution in [0, 0.1) is 0 Å². The van der Waals surface area contributed by atoms with Gasteiger partial charge in [-0.3, -0.25) is 0 Å². The van der Waals surface area contributed by atoms with Gasteiger partial charge in [0, 0.05) is 0 Å². The molecular formula is C22H23NO3. The van der Waals surface area contributed by atoms with Crippen LogP contribution in [0.1, 0.15) is 24.0 Å². The molecule has 4 nitrogen and oxygen atoms in total. The third-order valence-corrected chi connectivity index (χ3v) is 4.60. The molecule has 0 saturated carbocycles. The fraction of sp³-hybridized carbons (Fsp3) is 0.182. The Morgan fingerprint density at radius 2 is 1.23 bits per heavy atom. The molecule has 0 fully saturated rings. The molecule has 0 atom stereocenters. The maximum absolute atomic E-state index is 9.67. The third kappa shape index (κ3) is 4.09. The molecular weight excluding hydrogens is 326 g/mol. The summed E-state index contributed by atoms with van der Waals surface area (Å²) in [4.78, 5) is 0. The number of hydrogen-bond acceptors (Lipinski definition) is 4. The number of aryl methyl sites for hydroxylation is 2. The van der Waals surface area contributed by atoms with Gasteiger partial charge in [0.2, 0.25) is 0 Å². The van der Waals surface area contributed by atoms with Crippen molar-refractivity contribution in [1.29, 1.82) is 0 Å². The molecule has 0 spiro atoms. The highest BCUT2D eigenvalue weighted by atomic mass is 16.3. The molecule has 0 saturated heterocycles. The van der Waals surface area contributed by atoms with Gasteiger partial charge >= 0.3 is 0 Å². The van der Waals surface area contributed by atoms with E-state index >= 15 is 0 Å². The number of nitrogens with two attached hydrogens (primary N) is 1. The summed E-state index contributed by atoms with van der Waals surface area (Å²) in [6, 6.07) is 18.9. The molecule has 0 amide bonds. The zero-order valence-corrected chi connectivity index (χ0v) is 14.5. The lowest BCUT2D eigenvalue weighted by molar-refractivity contribution is 0.405. The van der Waals surface area contributed by atoms with Crippen LogP contribution >= 0.6 is 0 Å². The second kappa shape index (κ2) is 7.83. The lowest BCUT2D eigenvalue weighted by Gasteiger charge is -2.09. The zero-order chi connectivity index (χ0) is 18.5. The van der Waals surface area contributed by atoms with Crippen molar-refractivity contribution in [1.82, 2.24) is 0 Å². The van der Waals surface area contributed by atoms with E-state index in [9.17, 15) is 15.3 Å². The van der Waals surface area contributed by atoms with Crippen molar-refractivity contribution in [3.05, 3.63) is 71.8 Å².